The lowest BCUT2D eigenvalue weighted by Crippen LogP contribution is -2.44. The van der Waals surface area contributed by atoms with Gasteiger partial charge in [0.25, 0.3) is 0 Å². The third-order valence-electron chi connectivity index (χ3n) is 3.37. The van der Waals surface area contributed by atoms with Crippen LogP contribution in [0.3, 0.4) is 0 Å². The molecule has 0 aromatic carbocycles. The lowest BCUT2D eigenvalue weighted by molar-refractivity contribution is -0.140. The number of hydrogen-bond donors (Lipinski definition) is 1. The van der Waals surface area contributed by atoms with E-state index in [0.717, 1.165) is 6.20 Å². The number of halogens is 4. The van der Waals surface area contributed by atoms with Crippen molar-refractivity contribution in [3.63, 3.8) is 0 Å². The fraction of sp³-hybridized carbons (Fsp3) is 0.727. The number of rotatable bonds is 2. The van der Waals surface area contributed by atoms with E-state index in [9.17, 15) is 17.6 Å². The Bertz CT molecular complexity index is 449. The number of aryl methyl sites for hydroxylation is 1. The van der Waals surface area contributed by atoms with Crippen molar-refractivity contribution in [2.24, 2.45) is 7.05 Å². The molecule has 2 rings (SSSR count). The van der Waals surface area contributed by atoms with Crippen LogP contribution in [0.25, 0.3) is 0 Å². The van der Waals surface area contributed by atoms with Crippen LogP contribution >= 0.6 is 0 Å². The molecule has 2 heterocycles. The van der Waals surface area contributed by atoms with Gasteiger partial charge in [-0.15, -0.1) is 0 Å². The van der Waals surface area contributed by atoms with Crippen LogP contribution in [0.5, 0.6) is 0 Å². The molecule has 1 saturated heterocycles. The number of aromatic nitrogens is 2. The van der Waals surface area contributed by atoms with Crippen molar-refractivity contribution in [3.05, 3.63) is 11.9 Å². The summed E-state index contributed by atoms with van der Waals surface area (Å²) in [5, 5.41) is 8.91. The van der Waals surface area contributed by atoms with Gasteiger partial charge in [0.1, 0.15) is 5.67 Å². The highest BCUT2D eigenvalue weighted by Gasteiger charge is 2.38. The largest absolute Gasteiger partial charge is 0.434 e. The number of aliphatic hydroxyl groups is 1. The number of alkyl halides is 4. The summed E-state index contributed by atoms with van der Waals surface area (Å²) in [6, 6.07) is 0. The summed E-state index contributed by atoms with van der Waals surface area (Å²) < 4.78 is 52.7. The normalized spacial score (nSPS) is 19.8. The van der Waals surface area contributed by atoms with E-state index < -0.39 is 24.1 Å². The summed E-state index contributed by atoms with van der Waals surface area (Å²) in [4.78, 5) is 5.16. The lowest BCUT2D eigenvalue weighted by atomic mass is 9.94. The summed E-state index contributed by atoms with van der Waals surface area (Å²) in [7, 11) is 1.47. The number of nitrogens with zero attached hydrogens (tertiary/aromatic N) is 3. The predicted molar refractivity (Wildman–Crippen MR) is 60.6 cm³/mol. The Morgan fingerprint density at radius 3 is 2.37 bits per heavy atom. The molecule has 0 aliphatic carbocycles. The fourth-order valence-corrected chi connectivity index (χ4v) is 2.15. The summed E-state index contributed by atoms with van der Waals surface area (Å²) in [5.41, 5.74) is -2.58. The molecule has 1 N–H and O–H groups in total. The van der Waals surface area contributed by atoms with E-state index in [4.69, 9.17) is 5.11 Å². The topological polar surface area (TPSA) is 41.3 Å². The molecule has 19 heavy (non-hydrogen) atoms. The van der Waals surface area contributed by atoms with Crippen LogP contribution in [0.2, 0.25) is 0 Å². The van der Waals surface area contributed by atoms with Crippen molar-refractivity contribution in [1.82, 2.24) is 9.55 Å². The minimum Gasteiger partial charge on any atom is -0.393 e. The Labute approximate surface area is 107 Å². The Morgan fingerprint density at radius 2 is 1.95 bits per heavy atom. The average Bonchev–Trinajstić information content (AvgIpc) is 2.72. The standard InChI is InChI=1S/C11H15F4N3O/c1-17-6-8(11(13,14)15)16-9(17)18-4-2-10(12,7-19)3-5-18/h6,19H,2-5,7H2,1H3. The highest BCUT2D eigenvalue weighted by Crippen LogP contribution is 2.32. The molecule has 4 nitrogen and oxygen atoms in total. The minimum absolute atomic E-state index is 0.0811. The number of piperidine rings is 1. The number of anilines is 1. The van der Waals surface area contributed by atoms with Crippen molar-refractivity contribution < 1.29 is 22.7 Å². The molecule has 1 fully saturated rings. The second kappa shape index (κ2) is 4.66. The van der Waals surface area contributed by atoms with E-state index in [1.807, 2.05) is 0 Å². The van der Waals surface area contributed by atoms with Crippen molar-refractivity contribution in [3.8, 4) is 0 Å². The maximum atomic E-state index is 13.8. The van der Waals surface area contributed by atoms with Crippen LogP contribution in [0.15, 0.2) is 6.20 Å². The minimum atomic E-state index is -4.49. The van der Waals surface area contributed by atoms with Crippen LogP contribution in [0.1, 0.15) is 18.5 Å². The van der Waals surface area contributed by atoms with Crippen molar-refractivity contribution in [2.45, 2.75) is 24.7 Å². The quantitative estimate of drug-likeness (QED) is 0.840. The van der Waals surface area contributed by atoms with Crippen molar-refractivity contribution in [2.75, 3.05) is 24.6 Å². The van der Waals surface area contributed by atoms with Gasteiger partial charge in [-0.2, -0.15) is 13.2 Å². The molecule has 0 unspecified atom stereocenters. The zero-order valence-electron chi connectivity index (χ0n) is 10.4. The molecule has 0 spiro atoms. The summed E-state index contributed by atoms with van der Waals surface area (Å²) in [6.07, 6.45) is -3.41. The molecule has 1 aromatic rings. The fourth-order valence-electron chi connectivity index (χ4n) is 2.15. The monoisotopic (exact) mass is 281 g/mol. The van der Waals surface area contributed by atoms with Gasteiger partial charge in [-0.1, -0.05) is 0 Å². The van der Waals surface area contributed by atoms with Gasteiger partial charge < -0.3 is 14.6 Å². The SMILES string of the molecule is Cn1cc(C(F)(F)F)nc1N1CCC(F)(CO)CC1. The van der Waals surface area contributed by atoms with Gasteiger partial charge >= 0.3 is 6.18 Å². The third kappa shape index (κ3) is 2.83. The van der Waals surface area contributed by atoms with E-state index in [-0.39, 0.29) is 31.9 Å². The summed E-state index contributed by atoms with van der Waals surface area (Å²) in [6.45, 7) is -0.0897. The van der Waals surface area contributed by atoms with Gasteiger partial charge in [0.2, 0.25) is 5.95 Å². The van der Waals surface area contributed by atoms with Crippen LogP contribution < -0.4 is 4.90 Å². The van der Waals surface area contributed by atoms with E-state index in [1.54, 1.807) is 4.90 Å². The predicted octanol–water partition coefficient (Wildman–Crippen LogP) is 1.74. The highest BCUT2D eigenvalue weighted by atomic mass is 19.4. The molecule has 0 saturated carbocycles. The first-order valence-electron chi connectivity index (χ1n) is 5.90. The molecule has 1 aliphatic rings. The first-order chi connectivity index (χ1) is 8.75. The second-order valence-corrected chi connectivity index (χ2v) is 4.83. The van der Waals surface area contributed by atoms with Crippen LogP contribution in [-0.2, 0) is 13.2 Å². The maximum Gasteiger partial charge on any atom is 0.434 e. The second-order valence-electron chi connectivity index (χ2n) is 4.83. The zero-order chi connectivity index (χ0) is 14.3. The number of hydrogen-bond acceptors (Lipinski definition) is 3. The van der Waals surface area contributed by atoms with E-state index in [0.29, 0.717) is 0 Å². The van der Waals surface area contributed by atoms with Crippen molar-refractivity contribution >= 4 is 5.95 Å². The third-order valence-corrected chi connectivity index (χ3v) is 3.37. The Hall–Kier alpha value is -1.31. The van der Waals surface area contributed by atoms with E-state index >= 15 is 0 Å². The molecule has 0 amide bonds. The van der Waals surface area contributed by atoms with Crippen LogP contribution in [-0.4, -0.2) is 40.0 Å². The molecule has 0 radical (unpaired) electrons. The first kappa shape index (κ1) is 14.1. The van der Waals surface area contributed by atoms with Gasteiger partial charge in [-0.3, -0.25) is 0 Å². The molecule has 0 atom stereocenters. The molecular weight excluding hydrogens is 266 g/mol. The first-order valence-corrected chi connectivity index (χ1v) is 5.90. The lowest BCUT2D eigenvalue weighted by Gasteiger charge is -2.35. The zero-order valence-corrected chi connectivity index (χ0v) is 10.4. The maximum absolute atomic E-state index is 13.8. The van der Waals surface area contributed by atoms with E-state index in [1.165, 1.54) is 11.6 Å². The number of aliphatic hydroxyl groups excluding tert-OH is 1. The highest BCUT2D eigenvalue weighted by molar-refractivity contribution is 5.35. The van der Waals surface area contributed by atoms with E-state index in [2.05, 4.69) is 4.98 Å². The Morgan fingerprint density at radius 1 is 1.37 bits per heavy atom. The molecule has 8 heteroatoms. The summed E-state index contributed by atoms with van der Waals surface area (Å²) >= 11 is 0. The Kier molecular flexibility index (Phi) is 3.46. The smallest absolute Gasteiger partial charge is 0.393 e. The van der Waals surface area contributed by atoms with Crippen LogP contribution in [0.4, 0.5) is 23.5 Å². The van der Waals surface area contributed by atoms with Crippen molar-refractivity contribution in [1.29, 1.82) is 0 Å². The van der Waals surface area contributed by atoms with Gasteiger partial charge in [0, 0.05) is 39.2 Å². The van der Waals surface area contributed by atoms with Gasteiger partial charge in [0.05, 0.1) is 6.61 Å². The molecule has 1 aromatic heterocycles. The van der Waals surface area contributed by atoms with Crippen LogP contribution in [0, 0.1) is 0 Å². The van der Waals surface area contributed by atoms with Gasteiger partial charge in [-0.25, -0.2) is 9.37 Å². The Balaban J connectivity index is 2.14. The molecular formula is C11H15F4N3O. The summed E-state index contributed by atoms with van der Waals surface area (Å²) in [5.74, 6) is 0.173. The van der Waals surface area contributed by atoms with Gasteiger partial charge in [0.15, 0.2) is 5.69 Å². The molecule has 0 bridgehead atoms. The molecule has 108 valence electrons. The number of imidazole rings is 1. The van der Waals surface area contributed by atoms with Gasteiger partial charge in [-0.05, 0) is 0 Å². The molecule has 1 aliphatic heterocycles. The average molecular weight is 281 g/mol.